The van der Waals surface area contributed by atoms with E-state index in [1.165, 1.54) is 12.1 Å². The van der Waals surface area contributed by atoms with Gasteiger partial charge in [-0.2, -0.15) is 13.2 Å². The third-order valence-corrected chi connectivity index (χ3v) is 2.46. The van der Waals surface area contributed by atoms with Gasteiger partial charge in [-0.15, -0.1) is 0 Å². The summed E-state index contributed by atoms with van der Waals surface area (Å²) in [5.41, 5.74) is -0.768. The Morgan fingerprint density at radius 3 is 2.23 bits per heavy atom. The highest BCUT2D eigenvalue weighted by molar-refractivity contribution is 5.74. The number of nitrogens with one attached hydrogen (secondary N) is 2. The van der Waals surface area contributed by atoms with E-state index in [9.17, 15) is 22.8 Å². The lowest BCUT2D eigenvalue weighted by Gasteiger charge is -2.10. The third-order valence-electron chi connectivity index (χ3n) is 2.46. The Balaban J connectivity index is 2.22. The van der Waals surface area contributed by atoms with E-state index in [4.69, 9.17) is 9.84 Å². The lowest BCUT2D eigenvalue weighted by atomic mass is 10.2. The average Bonchev–Trinajstić information content (AvgIpc) is 2.43. The molecule has 3 N–H and O–H groups in total. The fraction of sp³-hybridized carbons (Fsp3) is 0.385. The molecular formula is C13H15F3N2O4. The first-order valence-corrected chi connectivity index (χ1v) is 6.32. The number of alkyl halides is 3. The molecule has 122 valence electrons. The van der Waals surface area contributed by atoms with Crippen LogP contribution in [0.4, 0.5) is 18.0 Å². The molecule has 0 atom stereocenters. The normalized spacial score (nSPS) is 10.9. The van der Waals surface area contributed by atoms with Crippen LogP contribution in [0.25, 0.3) is 0 Å². The van der Waals surface area contributed by atoms with Gasteiger partial charge >= 0.3 is 18.2 Å². The Labute approximate surface area is 124 Å². The van der Waals surface area contributed by atoms with Gasteiger partial charge in [0.2, 0.25) is 0 Å². The molecule has 0 bridgehead atoms. The molecule has 0 aliphatic carbocycles. The van der Waals surface area contributed by atoms with Crippen LogP contribution in [0.3, 0.4) is 0 Å². The van der Waals surface area contributed by atoms with Gasteiger partial charge in [0.25, 0.3) is 0 Å². The van der Waals surface area contributed by atoms with Crippen molar-refractivity contribution in [2.45, 2.75) is 12.6 Å². The van der Waals surface area contributed by atoms with Gasteiger partial charge in [-0.1, -0.05) is 0 Å². The van der Waals surface area contributed by atoms with E-state index in [1.54, 1.807) is 0 Å². The summed E-state index contributed by atoms with van der Waals surface area (Å²) < 4.78 is 42.2. The zero-order valence-corrected chi connectivity index (χ0v) is 11.4. The van der Waals surface area contributed by atoms with E-state index in [0.29, 0.717) is 0 Å². The Bertz CT molecular complexity index is 503. The second-order valence-electron chi connectivity index (χ2n) is 4.20. The number of aliphatic carboxylic acids is 1. The molecule has 0 fully saturated rings. The lowest BCUT2D eigenvalue weighted by molar-refractivity contribution is -0.138. The fourth-order valence-electron chi connectivity index (χ4n) is 1.42. The molecule has 9 heteroatoms. The summed E-state index contributed by atoms with van der Waals surface area (Å²) >= 11 is 0. The molecule has 0 saturated carbocycles. The Morgan fingerprint density at radius 2 is 1.68 bits per heavy atom. The van der Waals surface area contributed by atoms with E-state index < -0.39 is 23.7 Å². The summed E-state index contributed by atoms with van der Waals surface area (Å²) in [7, 11) is 0. The van der Waals surface area contributed by atoms with Crippen molar-refractivity contribution in [3.8, 4) is 5.75 Å². The third kappa shape index (κ3) is 6.82. The number of amides is 2. The first-order chi connectivity index (χ1) is 10.3. The monoisotopic (exact) mass is 320 g/mol. The zero-order valence-electron chi connectivity index (χ0n) is 11.4. The molecule has 0 spiro atoms. The van der Waals surface area contributed by atoms with E-state index in [0.717, 1.165) is 12.1 Å². The zero-order chi connectivity index (χ0) is 16.6. The van der Waals surface area contributed by atoms with Crippen LogP contribution in [0.15, 0.2) is 24.3 Å². The molecule has 1 rings (SSSR count). The predicted molar refractivity (Wildman–Crippen MR) is 70.6 cm³/mol. The molecule has 22 heavy (non-hydrogen) atoms. The van der Waals surface area contributed by atoms with Gasteiger partial charge in [0.1, 0.15) is 12.4 Å². The maximum absolute atomic E-state index is 12.3. The summed E-state index contributed by atoms with van der Waals surface area (Å²) in [6.07, 6.45) is -4.58. The van der Waals surface area contributed by atoms with Gasteiger partial charge < -0.3 is 20.5 Å². The van der Waals surface area contributed by atoms with Crippen LogP contribution in [-0.2, 0) is 11.0 Å². The highest BCUT2D eigenvalue weighted by Gasteiger charge is 2.29. The topological polar surface area (TPSA) is 87.7 Å². The number of benzene rings is 1. The van der Waals surface area contributed by atoms with Crippen molar-refractivity contribution < 1.29 is 32.6 Å². The quantitative estimate of drug-likeness (QED) is 0.669. The van der Waals surface area contributed by atoms with E-state index >= 15 is 0 Å². The molecule has 0 radical (unpaired) electrons. The predicted octanol–water partition coefficient (Wildman–Crippen LogP) is 1.86. The lowest BCUT2D eigenvalue weighted by Crippen LogP contribution is -2.38. The van der Waals surface area contributed by atoms with Crippen molar-refractivity contribution >= 4 is 12.0 Å². The molecule has 2 amide bonds. The van der Waals surface area contributed by atoms with E-state index in [2.05, 4.69) is 10.6 Å². The highest BCUT2D eigenvalue weighted by atomic mass is 19.4. The number of rotatable bonds is 7. The molecule has 0 aliphatic rings. The van der Waals surface area contributed by atoms with Crippen molar-refractivity contribution in [3.63, 3.8) is 0 Å². The summed E-state index contributed by atoms with van der Waals surface area (Å²) in [6, 6.07) is 3.64. The minimum absolute atomic E-state index is 0.000921. The van der Waals surface area contributed by atoms with Crippen LogP contribution < -0.4 is 15.4 Å². The Hall–Kier alpha value is -2.45. The molecule has 0 heterocycles. The molecule has 0 unspecified atom stereocenters. The number of carbonyl (C=O) groups excluding carboxylic acids is 1. The Kier molecular flexibility index (Phi) is 6.48. The maximum Gasteiger partial charge on any atom is 0.416 e. The second kappa shape index (κ2) is 8.11. The molecule has 1 aromatic rings. The van der Waals surface area contributed by atoms with Gasteiger partial charge in [0.15, 0.2) is 0 Å². The summed E-state index contributed by atoms with van der Waals surface area (Å²) in [4.78, 5) is 21.4. The SMILES string of the molecule is O=C(O)CCNC(=O)NCCOc1ccc(C(F)(F)F)cc1. The van der Waals surface area contributed by atoms with Crippen LogP contribution in [0.1, 0.15) is 12.0 Å². The highest BCUT2D eigenvalue weighted by Crippen LogP contribution is 2.30. The summed E-state index contributed by atoms with van der Waals surface area (Å²) in [5.74, 6) is -0.771. The number of urea groups is 1. The van der Waals surface area contributed by atoms with Gasteiger partial charge in [-0.25, -0.2) is 4.79 Å². The molecule has 0 saturated heterocycles. The second-order valence-corrected chi connectivity index (χ2v) is 4.20. The van der Waals surface area contributed by atoms with E-state index in [-0.39, 0.29) is 31.9 Å². The van der Waals surface area contributed by atoms with Crippen molar-refractivity contribution in [3.05, 3.63) is 29.8 Å². The van der Waals surface area contributed by atoms with Crippen LogP contribution in [0.5, 0.6) is 5.75 Å². The van der Waals surface area contributed by atoms with Gasteiger partial charge in [0.05, 0.1) is 18.5 Å². The smallest absolute Gasteiger partial charge is 0.416 e. The average molecular weight is 320 g/mol. The summed E-state index contributed by atoms with van der Waals surface area (Å²) in [6.45, 7) is 0.193. The van der Waals surface area contributed by atoms with Crippen molar-refractivity contribution in [2.24, 2.45) is 0 Å². The number of carboxylic acid groups (broad SMARTS) is 1. The van der Waals surface area contributed by atoms with Crippen molar-refractivity contribution in [1.29, 1.82) is 0 Å². The Morgan fingerprint density at radius 1 is 1.09 bits per heavy atom. The summed E-state index contributed by atoms with van der Waals surface area (Å²) in [5, 5.41) is 13.1. The van der Waals surface area contributed by atoms with E-state index in [1.807, 2.05) is 0 Å². The minimum atomic E-state index is -4.39. The number of halogens is 3. The first-order valence-electron chi connectivity index (χ1n) is 6.32. The maximum atomic E-state index is 12.3. The van der Waals surface area contributed by atoms with Crippen molar-refractivity contribution in [2.75, 3.05) is 19.7 Å². The largest absolute Gasteiger partial charge is 0.492 e. The number of carboxylic acids is 1. The molecule has 1 aromatic carbocycles. The van der Waals surface area contributed by atoms with Crippen molar-refractivity contribution in [1.82, 2.24) is 10.6 Å². The molecular weight excluding hydrogens is 305 g/mol. The fourth-order valence-corrected chi connectivity index (χ4v) is 1.42. The first kappa shape index (κ1) is 17.6. The van der Waals surface area contributed by atoms with Gasteiger partial charge in [-0.05, 0) is 24.3 Å². The van der Waals surface area contributed by atoms with Crippen LogP contribution in [0.2, 0.25) is 0 Å². The molecule has 0 aromatic heterocycles. The van der Waals surface area contributed by atoms with Gasteiger partial charge in [0, 0.05) is 6.54 Å². The number of hydrogen-bond donors (Lipinski definition) is 3. The van der Waals surface area contributed by atoms with Gasteiger partial charge in [-0.3, -0.25) is 4.79 Å². The van der Waals surface area contributed by atoms with Crippen LogP contribution in [0, 0.1) is 0 Å². The van der Waals surface area contributed by atoms with Crippen LogP contribution >= 0.6 is 0 Å². The number of carbonyl (C=O) groups is 2. The van der Waals surface area contributed by atoms with Crippen LogP contribution in [-0.4, -0.2) is 36.8 Å². The molecule has 0 aliphatic heterocycles. The standard InChI is InChI=1S/C13H15F3N2O4/c14-13(15,16)9-1-3-10(4-2-9)22-8-7-18-12(21)17-6-5-11(19)20/h1-4H,5-8H2,(H,19,20)(H2,17,18,21). The molecule has 6 nitrogen and oxygen atoms in total. The number of ether oxygens (including phenoxy) is 1. The number of hydrogen-bond acceptors (Lipinski definition) is 3. The minimum Gasteiger partial charge on any atom is -0.492 e.